The smallest absolute Gasteiger partial charge is 0.363 e. The zero-order chi connectivity index (χ0) is 17.7. The van der Waals surface area contributed by atoms with Crippen LogP contribution < -0.4 is 11.5 Å². The molecule has 3 aliphatic rings. The summed E-state index contributed by atoms with van der Waals surface area (Å²) >= 11 is 0. The van der Waals surface area contributed by atoms with Crippen molar-refractivity contribution in [1.29, 1.82) is 0 Å². The minimum atomic E-state index is -0.759. The van der Waals surface area contributed by atoms with Crippen LogP contribution in [0, 0.1) is 23.7 Å². The van der Waals surface area contributed by atoms with Crippen molar-refractivity contribution in [2.24, 2.45) is 40.1 Å². The van der Waals surface area contributed by atoms with E-state index in [-0.39, 0.29) is 47.0 Å². The number of fused-ring (bicyclic) bond motifs is 5. The van der Waals surface area contributed by atoms with Crippen LogP contribution in [0.1, 0.15) is 29.6 Å². The van der Waals surface area contributed by atoms with Crippen molar-refractivity contribution in [1.82, 2.24) is 5.06 Å². The SMILES string of the molecule is NC(N)=Nc1ccc(C(=O)ON2C(=O)C3C(C2=O)[C@H]2CC[C@@H]3C2)cc1. The zero-order valence-corrected chi connectivity index (χ0v) is 13.4. The van der Waals surface area contributed by atoms with E-state index in [0.717, 1.165) is 19.3 Å². The lowest BCUT2D eigenvalue weighted by atomic mass is 9.81. The van der Waals surface area contributed by atoms with E-state index in [1.807, 2.05) is 0 Å². The number of hydrogen-bond donors (Lipinski definition) is 2. The Morgan fingerprint density at radius 3 is 2.12 bits per heavy atom. The molecule has 0 radical (unpaired) electrons. The summed E-state index contributed by atoms with van der Waals surface area (Å²) in [6.45, 7) is 0. The van der Waals surface area contributed by atoms with Gasteiger partial charge in [0.1, 0.15) is 0 Å². The third-order valence-corrected chi connectivity index (χ3v) is 5.42. The Labute approximate surface area is 143 Å². The Hall–Kier alpha value is -2.90. The number of carbonyl (C=O) groups is 3. The maximum absolute atomic E-state index is 12.5. The Morgan fingerprint density at radius 2 is 1.60 bits per heavy atom. The summed E-state index contributed by atoms with van der Waals surface area (Å²) in [7, 11) is 0. The topological polar surface area (TPSA) is 128 Å². The van der Waals surface area contributed by atoms with Crippen LogP contribution in [0.15, 0.2) is 29.3 Å². The molecule has 4 rings (SSSR count). The van der Waals surface area contributed by atoms with Gasteiger partial charge in [-0.2, -0.15) is 0 Å². The third-order valence-electron chi connectivity index (χ3n) is 5.42. The average molecular weight is 342 g/mol. The van der Waals surface area contributed by atoms with Crippen LogP contribution in [0.4, 0.5) is 5.69 Å². The Balaban J connectivity index is 1.49. The molecule has 1 heterocycles. The van der Waals surface area contributed by atoms with Crippen molar-refractivity contribution < 1.29 is 19.2 Å². The third kappa shape index (κ3) is 2.45. The highest BCUT2D eigenvalue weighted by molar-refractivity contribution is 6.06. The number of aliphatic imine (C=N–C) groups is 1. The molecular formula is C17H18N4O4. The first kappa shape index (κ1) is 15.6. The number of benzene rings is 1. The van der Waals surface area contributed by atoms with Crippen molar-refractivity contribution in [2.45, 2.75) is 19.3 Å². The minimum absolute atomic E-state index is 0.0928. The van der Waals surface area contributed by atoms with Crippen LogP contribution in [0.25, 0.3) is 0 Å². The van der Waals surface area contributed by atoms with E-state index < -0.39 is 5.97 Å². The second-order valence-electron chi connectivity index (χ2n) is 6.82. The summed E-state index contributed by atoms with van der Waals surface area (Å²) in [4.78, 5) is 46.3. The van der Waals surface area contributed by atoms with Gasteiger partial charge in [0, 0.05) is 0 Å². The van der Waals surface area contributed by atoms with Crippen molar-refractivity contribution >= 4 is 29.4 Å². The molecule has 0 aromatic heterocycles. The second kappa shape index (κ2) is 5.58. The summed E-state index contributed by atoms with van der Waals surface area (Å²) in [6, 6.07) is 6.02. The molecule has 2 unspecified atom stereocenters. The molecule has 1 aromatic carbocycles. The monoisotopic (exact) mass is 342 g/mol. The predicted molar refractivity (Wildman–Crippen MR) is 87.0 cm³/mol. The molecule has 25 heavy (non-hydrogen) atoms. The van der Waals surface area contributed by atoms with Crippen LogP contribution in [-0.4, -0.2) is 28.8 Å². The van der Waals surface area contributed by atoms with Crippen LogP contribution >= 0.6 is 0 Å². The van der Waals surface area contributed by atoms with E-state index in [0.29, 0.717) is 10.8 Å². The van der Waals surface area contributed by atoms with Gasteiger partial charge in [-0.3, -0.25) is 9.59 Å². The van der Waals surface area contributed by atoms with E-state index >= 15 is 0 Å². The van der Waals surface area contributed by atoms with Gasteiger partial charge >= 0.3 is 5.97 Å². The standard InChI is InChI=1S/C17H18N4O4/c18-17(19)20-11-5-3-8(4-6-11)16(24)25-21-14(22)12-9-1-2-10(7-9)13(12)15(21)23/h3-6,9-10,12-13H,1-2,7H2,(H4,18,19,20)/t9-,10+,12?,13?. The molecule has 3 fully saturated rings. The molecule has 2 aliphatic carbocycles. The summed E-state index contributed by atoms with van der Waals surface area (Å²) in [5.41, 5.74) is 11.3. The molecule has 8 nitrogen and oxygen atoms in total. The molecule has 1 saturated heterocycles. The van der Waals surface area contributed by atoms with E-state index in [1.165, 1.54) is 12.1 Å². The fourth-order valence-electron chi connectivity index (χ4n) is 4.43. The van der Waals surface area contributed by atoms with E-state index in [4.69, 9.17) is 16.3 Å². The highest BCUT2D eigenvalue weighted by Gasteiger charge is 2.62. The van der Waals surface area contributed by atoms with Crippen molar-refractivity contribution in [3.63, 3.8) is 0 Å². The van der Waals surface area contributed by atoms with Gasteiger partial charge in [-0.25, -0.2) is 9.79 Å². The van der Waals surface area contributed by atoms with Gasteiger partial charge in [-0.15, -0.1) is 5.06 Å². The molecule has 2 saturated carbocycles. The van der Waals surface area contributed by atoms with Crippen LogP contribution in [0.5, 0.6) is 0 Å². The van der Waals surface area contributed by atoms with E-state index in [2.05, 4.69) is 4.99 Å². The van der Waals surface area contributed by atoms with Gasteiger partial charge in [0.25, 0.3) is 11.8 Å². The zero-order valence-electron chi connectivity index (χ0n) is 13.4. The predicted octanol–water partition coefficient (Wildman–Crippen LogP) is 0.694. The first-order chi connectivity index (χ1) is 12.0. The number of nitrogens with zero attached hydrogens (tertiary/aromatic N) is 2. The molecule has 2 amide bonds. The molecule has 130 valence electrons. The molecule has 4 atom stereocenters. The number of hydroxylamine groups is 2. The Bertz CT molecular complexity index is 756. The van der Waals surface area contributed by atoms with E-state index in [9.17, 15) is 14.4 Å². The molecule has 1 aliphatic heterocycles. The van der Waals surface area contributed by atoms with Gasteiger partial charge in [0.2, 0.25) is 0 Å². The summed E-state index contributed by atoms with van der Waals surface area (Å²) < 4.78 is 0. The molecule has 0 spiro atoms. The maximum Gasteiger partial charge on any atom is 0.363 e. The lowest BCUT2D eigenvalue weighted by Gasteiger charge is -2.18. The Morgan fingerprint density at radius 1 is 1.04 bits per heavy atom. The summed E-state index contributed by atoms with van der Waals surface area (Å²) in [5.74, 6) is -1.76. The Kier molecular flexibility index (Phi) is 3.48. The highest BCUT2D eigenvalue weighted by atomic mass is 16.7. The number of amides is 2. The van der Waals surface area contributed by atoms with Gasteiger partial charge in [0.05, 0.1) is 23.1 Å². The van der Waals surface area contributed by atoms with Crippen molar-refractivity contribution in [3.05, 3.63) is 29.8 Å². The highest BCUT2D eigenvalue weighted by Crippen LogP contribution is 2.56. The number of carbonyl (C=O) groups excluding carboxylic acids is 3. The fraction of sp³-hybridized carbons (Fsp3) is 0.412. The van der Waals surface area contributed by atoms with Gasteiger partial charge in [-0.05, 0) is 55.4 Å². The lowest BCUT2D eigenvalue weighted by molar-refractivity contribution is -0.175. The van der Waals surface area contributed by atoms with Crippen LogP contribution in [-0.2, 0) is 14.4 Å². The minimum Gasteiger partial charge on any atom is -0.370 e. The molecule has 4 N–H and O–H groups in total. The van der Waals surface area contributed by atoms with E-state index in [1.54, 1.807) is 12.1 Å². The fourth-order valence-corrected chi connectivity index (χ4v) is 4.43. The second-order valence-corrected chi connectivity index (χ2v) is 6.82. The maximum atomic E-state index is 12.5. The summed E-state index contributed by atoms with van der Waals surface area (Å²) in [5, 5.41) is 0.673. The number of rotatable bonds is 3. The molecular weight excluding hydrogens is 324 g/mol. The first-order valence-electron chi connectivity index (χ1n) is 8.25. The normalized spacial score (nSPS) is 29.7. The first-order valence-corrected chi connectivity index (χ1v) is 8.25. The van der Waals surface area contributed by atoms with Crippen LogP contribution in [0.2, 0.25) is 0 Å². The number of imide groups is 1. The van der Waals surface area contributed by atoms with Crippen molar-refractivity contribution in [3.8, 4) is 0 Å². The molecule has 8 heteroatoms. The van der Waals surface area contributed by atoms with Gasteiger partial charge in [0.15, 0.2) is 5.96 Å². The number of hydrogen-bond acceptors (Lipinski definition) is 5. The quantitative estimate of drug-likeness (QED) is 0.472. The van der Waals surface area contributed by atoms with Crippen LogP contribution in [0.3, 0.4) is 0 Å². The number of nitrogens with two attached hydrogens (primary N) is 2. The average Bonchev–Trinajstić information content (AvgIpc) is 3.25. The lowest BCUT2D eigenvalue weighted by Crippen LogP contribution is -2.35. The molecule has 1 aromatic rings. The van der Waals surface area contributed by atoms with Crippen molar-refractivity contribution in [2.75, 3.05) is 0 Å². The van der Waals surface area contributed by atoms with Gasteiger partial charge < -0.3 is 16.3 Å². The van der Waals surface area contributed by atoms with Gasteiger partial charge in [-0.1, -0.05) is 0 Å². The largest absolute Gasteiger partial charge is 0.370 e. The summed E-state index contributed by atoms with van der Waals surface area (Å²) in [6.07, 6.45) is 2.87. The molecule has 2 bridgehead atoms. The number of guanidine groups is 1.